The Morgan fingerprint density at radius 3 is 1.86 bits per heavy atom. The van der Waals surface area contributed by atoms with E-state index in [-0.39, 0.29) is 0 Å². The number of nitrogens with zero attached hydrogens (tertiary/aromatic N) is 3. The van der Waals surface area contributed by atoms with Gasteiger partial charge in [0.1, 0.15) is 54.9 Å². The van der Waals surface area contributed by atoms with E-state index < -0.39 is 112 Å². The first-order valence-electron chi connectivity index (χ1n) is 11.4. The van der Waals surface area contributed by atoms with Crippen LogP contribution in [-0.2, 0) is 23.7 Å². The molecule has 0 aromatic rings. The van der Waals surface area contributed by atoms with Gasteiger partial charge < -0.3 is 76.0 Å². The number of aliphatic hydroxyl groups excluding tert-OH is 8. The minimum atomic E-state index is -1.69. The van der Waals surface area contributed by atoms with Crippen molar-refractivity contribution >= 4 is 0 Å². The standard InChI is InChI=1S/C18H34N6O13/c19-7-12(30)14(5(2-26)33-16(7)32)37-18-9(22-24-23-21)13(31)15(6(3-27)35-18)36-17-8(20)11(29)10(28)4(1-25)34-17/h4-18,22,25-32H,1-3,19-20H2/t4-,5-,6-,7-,8-,9-,10-,11-,12-,13-,14?,15?,16-,17+,18+/m1/s1. The number of hydrogen-bond acceptors (Lipinski definition) is 16. The van der Waals surface area contributed by atoms with Gasteiger partial charge in [-0.3, -0.25) is 5.43 Å². The summed E-state index contributed by atoms with van der Waals surface area (Å²) in [4.78, 5) is 2.55. The Balaban J connectivity index is 1.83. The Kier molecular flexibility index (Phi) is 10.6. The Morgan fingerprint density at radius 1 is 0.730 bits per heavy atom. The van der Waals surface area contributed by atoms with Crippen molar-refractivity contribution in [2.24, 2.45) is 16.7 Å². The molecule has 2 unspecified atom stereocenters. The fourth-order valence-corrected chi connectivity index (χ4v) is 4.39. The van der Waals surface area contributed by atoms with Gasteiger partial charge >= 0.3 is 0 Å². The van der Waals surface area contributed by atoms with Gasteiger partial charge in [-0.2, -0.15) is 4.91 Å². The van der Waals surface area contributed by atoms with Crippen molar-refractivity contribution in [3.05, 3.63) is 10.4 Å². The molecule has 37 heavy (non-hydrogen) atoms. The maximum Gasteiger partial charge on any atom is 0.202 e. The zero-order valence-corrected chi connectivity index (χ0v) is 19.4. The fraction of sp³-hybridized carbons (Fsp3) is 1.00. The van der Waals surface area contributed by atoms with Crippen LogP contribution < -0.4 is 16.9 Å². The molecule has 19 nitrogen and oxygen atoms in total. The van der Waals surface area contributed by atoms with Crippen LogP contribution >= 0.6 is 0 Å². The number of rotatable bonds is 9. The Bertz CT molecular complexity index is 778. The molecule has 3 aliphatic heterocycles. The second kappa shape index (κ2) is 13.0. The van der Waals surface area contributed by atoms with Gasteiger partial charge in [-0.25, -0.2) is 0 Å². The van der Waals surface area contributed by atoms with Crippen molar-refractivity contribution in [2.45, 2.75) is 91.9 Å². The molecule has 3 rings (SSSR count). The zero-order valence-electron chi connectivity index (χ0n) is 19.4. The number of ether oxygens (including phenoxy) is 5. The van der Waals surface area contributed by atoms with Crippen molar-refractivity contribution in [2.75, 3.05) is 19.8 Å². The van der Waals surface area contributed by atoms with Gasteiger partial charge in [0.05, 0.1) is 31.9 Å². The lowest BCUT2D eigenvalue weighted by atomic mass is 9.94. The molecule has 19 heteroatoms. The average molecular weight is 542 g/mol. The highest BCUT2D eigenvalue weighted by atomic mass is 16.7. The highest BCUT2D eigenvalue weighted by molar-refractivity contribution is 4.99. The Morgan fingerprint density at radius 2 is 1.27 bits per heavy atom. The molecule has 0 aromatic carbocycles. The summed E-state index contributed by atoms with van der Waals surface area (Å²) in [6.45, 7) is -2.16. The second-order valence-electron chi connectivity index (χ2n) is 8.86. The topological polar surface area (TPSA) is 321 Å². The van der Waals surface area contributed by atoms with E-state index in [1.807, 2.05) is 0 Å². The molecule has 15 atom stereocenters. The van der Waals surface area contributed by atoms with E-state index >= 15 is 0 Å². The van der Waals surface area contributed by atoms with Gasteiger partial charge in [-0.15, -0.1) is 5.53 Å². The van der Waals surface area contributed by atoms with Crippen molar-refractivity contribution < 1.29 is 64.5 Å². The number of aliphatic hydroxyl groups is 8. The van der Waals surface area contributed by atoms with Gasteiger partial charge in [0, 0.05) is 0 Å². The van der Waals surface area contributed by atoms with E-state index in [1.165, 1.54) is 0 Å². The summed E-state index contributed by atoms with van der Waals surface area (Å²) in [5.74, 6) is 0. The molecule has 214 valence electrons. The Hall–Kier alpha value is -1.49. The molecule has 0 aliphatic carbocycles. The van der Waals surface area contributed by atoms with Crippen molar-refractivity contribution in [3.8, 4) is 0 Å². The van der Waals surface area contributed by atoms with E-state index in [2.05, 4.69) is 15.6 Å². The van der Waals surface area contributed by atoms with E-state index in [4.69, 9.17) is 40.7 Å². The summed E-state index contributed by atoms with van der Waals surface area (Å²) in [5.41, 5.74) is 22.6. The molecule has 0 aromatic heterocycles. The van der Waals surface area contributed by atoms with Crippen LogP contribution in [0.2, 0.25) is 0 Å². The number of azide groups is 1. The molecule has 3 aliphatic rings. The van der Waals surface area contributed by atoms with E-state index in [1.54, 1.807) is 0 Å². The van der Waals surface area contributed by atoms with E-state index in [9.17, 15) is 40.9 Å². The van der Waals surface area contributed by atoms with E-state index in [0.717, 1.165) is 0 Å². The minimum absolute atomic E-state index is 0.691. The third-order valence-electron chi connectivity index (χ3n) is 6.54. The van der Waals surface area contributed by atoms with Crippen LogP contribution in [-0.4, -0.2) is 153 Å². The molecule has 0 amide bonds. The lowest BCUT2D eigenvalue weighted by molar-refractivity contribution is -0.350. The van der Waals surface area contributed by atoms with Gasteiger partial charge in [0.15, 0.2) is 18.6 Å². The average Bonchev–Trinajstić information content (AvgIpc) is 2.89. The van der Waals surface area contributed by atoms with Gasteiger partial charge in [-0.1, -0.05) is 0 Å². The van der Waals surface area contributed by atoms with Crippen molar-refractivity contribution in [3.63, 3.8) is 0 Å². The molecule has 0 spiro atoms. The van der Waals surface area contributed by atoms with Gasteiger partial charge in [0.25, 0.3) is 0 Å². The highest BCUT2D eigenvalue weighted by Gasteiger charge is 2.54. The SMILES string of the molecule is [N-]=[N+]=NN[C@H]1[C@H](OC2[C@@H](CO)O[C@@H](O)[C@H](N)[C@H]2O)O[C@H](CO)C(O[C@@H]2O[C@H](CO)[C@@H](O)[C@H](O)[C@H]2N)[C@@H]1O. The molecule has 3 fully saturated rings. The highest BCUT2D eigenvalue weighted by Crippen LogP contribution is 2.31. The number of hydrogen-bond donors (Lipinski definition) is 11. The largest absolute Gasteiger partial charge is 0.394 e. The van der Waals surface area contributed by atoms with Crippen LogP contribution in [0.3, 0.4) is 0 Å². The predicted molar refractivity (Wildman–Crippen MR) is 115 cm³/mol. The smallest absolute Gasteiger partial charge is 0.202 e. The summed E-state index contributed by atoms with van der Waals surface area (Å²) in [5, 5.41) is 83.7. The molecule has 0 bridgehead atoms. The summed E-state index contributed by atoms with van der Waals surface area (Å²) < 4.78 is 27.7. The number of nitrogens with two attached hydrogens (primary N) is 2. The first-order chi connectivity index (χ1) is 17.6. The third-order valence-corrected chi connectivity index (χ3v) is 6.54. The summed E-state index contributed by atoms with van der Waals surface area (Å²) in [6.07, 6.45) is -17.8. The van der Waals surface area contributed by atoms with Crippen LogP contribution in [0, 0.1) is 0 Å². The molecule has 0 radical (unpaired) electrons. The molecule has 0 saturated carbocycles. The summed E-state index contributed by atoms with van der Waals surface area (Å²) in [6, 6.07) is -4.10. The van der Waals surface area contributed by atoms with Crippen LogP contribution in [0.5, 0.6) is 0 Å². The maximum absolute atomic E-state index is 11.1. The monoisotopic (exact) mass is 542 g/mol. The van der Waals surface area contributed by atoms with Crippen molar-refractivity contribution in [1.82, 2.24) is 5.43 Å². The van der Waals surface area contributed by atoms with Crippen LogP contribution in [0.15, 0.2) is 5.22 Å². The summed E-state index contributed by atoms with van der Waals surface area (Å²) >= 11 is 0. The lowest BCUT2D eigenvalue weighted by Crippen LogP contribution is -2.69. The van der Waals surface area contributed by atoms with Gasteiger partial charge in [-0.05, 0) is 5.22 Å². The maximum atomic E-state index is 11.1. The molecular formula is C18H34N6O13. The molecule has 3 heterocycles. The lowest BCUT2D eigenvalue weighted by Gasteiger charge is -2.48. The van der Waals surface area contributed by atoms with Crippen molar-refractivity contribution in [1.29, 1.82) is 0 Å². The fourth-order valence-electron chi connectivity index (χ4n) is 4.39. The first kappa shape index (κ1) is 30.1. The van der Waals surface area contributed by atoms with E-state index in [0.29, 0.717) is 0 Å². The number of nitrogens with one attached hydrogen (secondary N) is 1. The second-order valence-corrected chi connectivity index (χ2v) is 8.86. The van der Waals surface area contributed by atoms with Gasteiger partial charge in [0.2, 0.25) is 6.29 Å². The zero-order chi connectivity index (χ0) is 27.4. The first-order valence-corrected chi connectivity index (χ1v) is 11.4. The Labute approximate surface area is 209 Å². The minimum Gasteiger partial charge on any atom is -0.394 e. The normalized spacial score (nSPS) is 48.8. The molecular weight excluding hydrogens is 508 g/mol. The predicted octanol–water partition coefficient (Wildman–Crippen LogP) is -6.82. The summed E-state index contributed by atoms with van der Waals surface area (Å²) in [7, 11) is 0. The third kappa shape index (κ3) is 6.23. The van der Waals surface area contributed by atoms with Crippen LogP contribution in [0.25, 0.3) is 10.4 Å². The van der Waals surface area contributed by atoms with Crippen LogP contribution in [0.4, 0.5) is 0 Å². The molecule has 3 saturated heterocycles. The van der Waals surface area contributed by atoms with Crippen LogP contribution in [0.1, 0.15) is 0 Å². The molecule has 13 N–H and O–H groups in total. The quantitative estimate of drug-likeness (QED) is 0.0558.